The van der Waals surface area contributed by atoms with Gasteiger partial charge in [0.15, 0.2) is 0 Å². The Labute approximate surface area is 112 Å². The molecule has 1 fully saturated rings. The number of halogens is 1. The topological polar surface area (TPSA) is 63.2 Å². The van der Waals surface area contributed by atoms with Gasteiger partial charge in [0.1, 0.15) is 0 Å². The van der Waals surface area contributed by atoms with E-state index in [2.05, 4.69) is 39.0 Å². The molecule has 18 heavy (non-hydrogen) atoms. The van der Waals surface area contributed by atoms with E-state index in [-0.39, 0.29) is 11.3 Å². The summed E-state index contributed by atoms with van der Waals surface area (Å²) in [7, 11) is 0. The zero-order chi connectivity index (χ0) is 13.0. The summed E-state index contributed by atoms with van der Waals surface area (Å²) in [5.41, 5.74) is 0. The van der Waals surface area contributed by atoms with E-state index in [1.54, 1.807) is 0 Å². The highest BCUT2D eigenvalue weighted by Gasteiger charge is 2.22. The van der Waals surface area contributed by atoms with Crippen molar-refractivity contribution >= 4 is 23.5 Å². The molecule has 1 aliphatic rings. The Morgan fingerprint density at radius 2 is 2.28 bits per heavy atom. The van der Waals surface area contributed by atoms with Crippen LogP contribution in [0.4, 0.5) is 11.9 Å². The highest BCUT2D eigenvalue weighted by atomic mass is 35.5. The number of morpholine rings is 1. The fraction of sp³-hybridized carbons (Fsp3) is 0.727. The summed E-state index contributed by atoms with van der Waals surface area (Å²) < 4.78 is 5.40. The predicted molar refractivity (Wildman–Crippen MR) is 71.2 cm³/mol. The van der Waals surface area contributed by atoms with Crippen LogP contribution in [-0.4, -0.2) is 47.3 Å². The van der Waals surface area contributed by atoms with Crippen molar-refractivity contribution in [1.29, 1.82) is 0 Å². The monoisotopic (exact) mass is 271 g/mol. The number of ether oxygens (including phenoxy) is 1. The summed E-state index contributed by atoms with van der Waals surface area (Å²) in [4.78, 5) is 14.7. The van der Waals surface area contributed by atoms with Crippen LogP contribution >= 0.6 is 11.6 Å². The van der Waals surface area contributed by atoms with Crippen LogP contribution in [0.3, 0.4) is 0 Å². The molecule has 7 heteroatoms. The fourth-order valence-corrected chi connectivity index (χ4v) is 1.96. The van der Waals surface area contributed by atoms with E-state index in [1.165, 1.54) is 0 Å². The van der Waals surface area contributed by atoms with Gasteiger partial charge < -0.3 is 15.0 Å². The van der Waals surface area contributed by atoms with Crippen LogP contribution in [-0.2, 0) is 4.74 Å². The van der Waals surface area contributed by atoms with Gasteiger partial charge >= 0.3 is 0 Å². The van der Waals surface area contributed by atoms with Crippen molar-refractivity contribution in [2.75, 3.05) is 36.5 Å². The van der Waals surface area contributed by atoms with E-state index in [0.717, 1.165) is 19.5 Å². The molecule has 1 aromatic heterocycles. The molecule has 2 rings (SSSR count). The van der Waals surface area contributed by atoms with Crippen LogP contribution in [0.5, 0.6) is 0 Å². The molecule has 0 radical (unpaired) electrons. The van der Waals surface area contributed by atoms with Gasteiger partial charge in [0.05, 0.1) is 19.3 Å². The van der Waals surface area contributed by atoms with Crippen LogP contribution in [0.25, 0.3) is 0 Å². The molecule has 6 nitrogen and oxygen atoms in total. The average Bonchev–Trinajstić information content (AvgIpc) is 2.36. The van der Waals surface area contributed by atoms with Crippen LogP contribution in [0, 0.1) is 0 Å². The van der Waals surface area contributed by atoms with E-state index >= 15 is 0 Å². The third kappa shape index (κ3) is 3.20. The van der Waals surface area contributed by atoms with Crippen LogP contribution in [0.15, 0.2) is 0 Å². The minimum Gasteiger partial charge on any atom is -0.377 e. The maximum Gasteiger partial charge on any atom is 0.231 e. The van der Waals surface area contributed by atoms with Crippen molar-refractivity contribution < 1.29 is 4.74 Å². The van der Waals surface area contributed by atoms with Gasteiger partial charge in [-0.1, -0.05) is 6.92 Å². The molecule has 1 aromatic rings. The molecule has 1 atom stereocenters. The second-order valence-electron chi connectivity index (χ2n) is 4.27. The Morgan fingerprint density at radius 1 is 1.44 bits per heavy atom. The SMILES string of the molecule is CCCNc1nc(Cl)nc(N2CCOCC2C)n1. The number of aromatic nitrogens is 3. The van der Waals surface area contributed by atoms with Crippen molar-refractivity contribution in [2.45, 2.75) is 26.3 Å². The van der Waals surface area contributed by atoms with Crippen LogP contribution in [0.1, 0.15) is 20.3 Å². The lowest BCUT2D eigenvalue weighted by Gasteiger charge is -2.33. The minimum atomic E-state index is 0.220. The summed E-state index contributed by atoms with van der Waals surface area (Å²) in [6, 6.07) is 0.247. The standard InChI is InChI=1S/C11H18ClN5O/c1-3-4-13-10-14-9(12)15-11(16-10)17-5-6-18-7-8(17)2/h8H,3-7H2,1-2H3,(H,13,14,15,16). The average molecular weight is 272 g/mol. The van der Waals surface area contributed by atoms with Gasteiger partial charge in [0, 0.05) is 13.1 Å². The second-order valence-corrected chi connectivity index (χ2v) is 4.61. The second kappa shape index (κ2) is 6.15. The molecule has 0 amide bonds. The number of hydrogen-bond acceptors (Lipinski definition) is 6. The van der Waals surface area contributed by atoms with E-state index in [4.69, 9.17) is 16.3 Å². The Morgan fingerprint density at radius 3 is 3.00 bits per heavy atom. The fourth-order valence-electron chi connectivity index (χ4n) is 1.81. The lowest BCUT2D eigenvalue weighted by Crippen LogP contribution is -2.44. The van der Waals surface area contributed by atoms with Gasteiger partial charge in [0.2, 0.25) is 17.2 Å². The van der Waals surface area contributed by atoms with Crippen molar-refractivity contribution in [3.8, 4) is 0 Å². The zero-order valence-electron chi connectivity index (χ0n) is 10.7. The van der Waals surface area contributed by atoms with Gasteiger partial charge in [-0.3, -0.25) is 0 Å². The van der Waals surface area contributed by atoms with Crippen molar-refractivity contribution in [3.05, 3.63) is 5.28 Å². The summed E-state index contributed by atoms with van der Waals surface area (Å²) in [5.74, 6) is 1.15. The lowest BCUT2D eigenvalue weighted by molar-refractivity contribution is 0.0981. The first-order chi connectivity index (χ1) is 8.70. The number of nitrogens with zero attached hydrogens (tertiary/aromatic N) is 4. The number of anilines is 2. The predicted octanol–water partition coefficient (Wildman–Crippen LogP) is 1.57. The molecule has 100 valence electrons. The van der Waals surface area contributed by atoms with Gasteiger partial charge in [-0.2, -0.15) is 15.0 Å². The molecule has 1 N–H and O–H groups in total. The maximum absolute atomic E-state index is 5.94. The molecular formula is C11H18ClN5O. The number of hydrogen-bond donors (Lipinski definition) is 1. The maximum atomic E-state index is 5.94. The normalized spacial score (nSPS) is 19.9. The largest absolute Gasteiger partial charge is 0.377 e. The summed E-state index contributed by atoms with van der Waals surface area (Å²) in [5, 5.41) is 3.34. The molecule has 0 saturated carbocycles. The highest BCUT2D eigenvalue weighted by Crippen LogP contribution is 2.18. The first kappa shape index (κ1) is 13.3. The van der Waals surface area contributed by atoms with Gasteiger partial charge in [-0.15, -0.1) is 0 Å². The third-order valence-corrected chi connectivity index (χ3v) is 2.92. The highest BCUT2D eigenvalue weighted by molar-refractivity contribution is 6.28. The van der Waals surface area contributed by atoms with E-state index in [0.29, 0.717) is 25.1 Å². The quantitative estimate of drug-likeness (QED) is 0.897. The van der Waals surface area contributed by atoms with Gasteiger partial charge in [0.25, 0.3) is 0 Å². The molecule has 0 bridgehead atoms. The van der Waals surface area contributed by atoms with E-state index in [1.807, 2.05) is 0 Å². The van der Waals surface area contributed by atoms with E-state index < -0.39 is 0 Å². The third-order valence-electron chi connectivity index (χ3n) is 2.75. The molecule has 1 aliphatic heterocycles. The van der Waals surface area contributed by atoms with E-state index in [9.17, 15) is 0 Å². The Hall–Kier alpha value is -1.14. The zero-order valence-corrected chi connectivity index (χ0v) is 11.4. The minimum absolute atomic E-state index is 0.220. The molecular weight excluding hydrogens is 254 g/mol. The molecule has 1 unspecified atom stereocenters. The van der Waals surface area contributed by atoms with Crippen molar-refractivity contribution in [3.63, 3.8) is 0 Å². The van der Waals surface area contributed by atoms with Crippen molar-refractivity contribution in [1.82, 2.24) is 15.0 Å². The molecule has 2 heterocycles. The molecule has 0 aromatic carbocycles. The summed E-state index contributed by atoms with van der Waals surface area (Å²) in [6.07, 6.45) is 1.01. The first-order valence-corrected chi connectivity index (χ1v) is 6.58. The smallest absolute Gasteiger partial charge is 0.231 e. The molecule has 0 aliphatic carbocycles. The number of nitrogens with one attached hydrogen (secondary N) is 1. The van der Waals surface area contributed by atoms with Gasteiger partial charge in [-0.05, 0) is 24.9 Å². The summed E-state index contributed by atoms with van der Waals surface area (Å²) >= 11 is 5.94. The Kier molecular flexibility index (Phi) is 4.54. The first-order valence-electron chi connectivity index (χ1n) is 6.20. The Bertz CT molecular complexity index is 403. The van der Waals surface area contributed by atoms with Crippen molar-refractivity contribution in [2.24, 2.45) is 0 Å². The van der Waals surface area contributed by atoms with Gasteiger partial charge in [-0.25, -0.2) is 0 Å². The number of rotatable bonds is 4. The van der Waals surface area contributed by atoms with Crippen LogP contribution in [0.2, 0.25) is 5.28 Å². The molecule has 1 saturated heterocycles. The lowest BCUT2D eigenvalue weighted by atomic mass is 10.3. The van der Waals surface area contributed by atoms with Crippen LogP contribution < -0.4 is 10.2 Å². The molecule has 0 spiro atoms. The Balaban J connectivity index is 2.18. The summed E-state index contributed by atoms with van der Waals surface area (Å²) in [6.45, 7) is 7.12.